The molecule has 0 aliphatic carbocycles. The molecule has 24 heavy (non-hydrogen) atoms. The molecule has 2 aromatic rings. The monoisotopic (exact) mass is 336 g/mol. The highest BCUT2D eigenvalue weighted by molar-refractivity contribution is 5.23. The Labute approximate surface area is 140 Å². The van der Waals surface area contributed by atoms with Gasteiger partial charge < -0.3 is 4.52 Å². The number of halogens is 2. The summed E-state index contributed by atoms with van der Waals surface area (Å²) in [5.74, 6) is 0.257. The van der Waals surface area contributed by atoms with Crippen LogP contribution in [0, 0.1) is 18.6 Å². The highest BCUT2D eigenvalue weighted by Crippen LogP contribution is 2.28. The van der Waals surface area contributed by atoms with Crippen LogP contribution >= 0.6 is 0 Å². The van der Waals surface area contributed by atoms with Crippen LogP contribution in [0.2, 0.25) is 0 Å². The molecule has 1 aliphatic heterocycles. The van der Waals surface area contributed by atoms with Crippen molar-refractivity contribution in [2.45, 2.75) is 32.9 Å². The van der Waals surface area contributed by atoms with Crippen LogP contribution in [0.3, 0.4) is 0 Å². The van der Waals surface area contributed by atoms with Crippen LogP contribution in [0.15, 0.2) is 22.7 Å². The lowest BCUT2D eigenvalue weighted by atomic mass is 10.0. The lowest BCUT2D eigenvalue weighted by Crippen LogP contribution is -2.48. The SMILES string of the molecule is Cc1noc([C@@H](C)N2CCN([C@H](C)c3c(F)cccc3F)CC2)n1. The van der Waals surface area contributed by atoms with Gasteiger partial charge in [-0.2, -0.15) is 4.98 Å². The predicted molar refractivity (Wildman–Crippen MR) is 85.4 cm³/mol. The molecule has 0 radical (unpaired) electrons. The summed E-state index contributed by atoms with van der Waals surface area (Å²) in [5.41, 5.74) is 0.145. The van der Waals surface area contributed by atoms with Gasteiger partial charge in [-0.15, -0.1) is 0 Å². The molecule has 130 valence electrons. The number of aromatic nitrogens is 2. The Morgan fingerprint density at radius 2 is 1.54 bits per heavy atom. The maximum Gasteiger partial charge on any atom is 0.243 e. The molecule has 0 unspecified atom stereocenters. The van der Waals surface area contributed by atoms with Crippen LogP contribution in [0.5, 0.6) is 0 Å². The third kappa shape index (κ3) is 3.32. The molecular weight excluding hydrogens is 314 g/mol. The van der Waals surface area contributed by atoms with E-state index in [1.165, 1.54) is 18.2 Å². The minimum Gasteiger partial charge on any atom is -0.338 e. The predicted octanol–water partition coefficient (Wildman–Crippen LogP) is 3.10. The van der Waals surface area contributed by atoms with Gasteiger partial charge in [-0.25, -0.2) is 8.78 Å². The van der Waals surface area contributed by atoms with E-state index >= 15 is 0 Å². The number of hydrogen-bond acceptors (Lipinski definition) is 5. The number of rotatable bonds is 4. The van der Waals surface area contributed by atoms with Crippen molar-refractivity contribution in [1.29, 1.82) is 0 Å². The van der Waals surface area contributed by atoms with Crippen LogP contribution < -0.4 is 0 Å². The van der Waals surface area contributed by atoms with Crippen molar-refractivity contribution in [2.75, 3.05) is 26.2 Å². The molecule has 2 atom stereocenters. The van der Waals surface area contributed by atoms with Crippen molar-refractivity contribution in [3.8, 4) is 0 Å². The van der Waals surface area contributed by atoms with Gasteiger partial charge in [-0.1, -0.05) is 11.2 Å². The highest BCUT2D eigenvalue weighted by Gasteiger charge is 2.29. The summed E-state index contributed by atoms with van der Waals surface area (Å²) in [5, 5.41) is 3.83. The fraction of sp³-hybridized carbons (Fsp3) is 0.529. The average Bonchev–Trinajstić information content (AvgIpc) is 3.00. The van der Waals surface area contributed by atoms with E-state index in [0.717, 1.165) is 26.2 Å². The number of hydrogen-bond donors (Lipinski definition) is 0. The minimum absolute atomic E-state index is 0.0360. The summed E-state index contributed by atoms with van der Waals surface area (Å²) in [4.78, 5) is 8.62. The summed E-state index contributed by atoms with van der Waals surface area (Å²) in [7, 11) is 0. The summed E-state index contributed by atoms with van der Waals surface area (Å²) in [6.45, 7) is 8.69. The Morgan fingerprint density at radius 3 is 2.04 bits per heavy atom. The zero-order valence-corrected chi connectivity index (χ0v) is 14.2. The van der Waals surface area contributed by atoms with E-state index in [1.54, 1.807) is 6.92 Å². The van der Waals surface area contributed by atoms with Crippen LogP contribution in [0.4, 0.5) is 8.78 Å². The van der Waals surface area contributed by atoms with Gasteiger partial charge >= 0.3 is 0 Å². The molecule has 7 heteroatoms. The van der Waals surface area contributed by atoms with Crippen LogP contribution in [0.1, 0.15) is 43.2 Å². The molecule has 2 heterocycles. The van der Waals surface area contributed by atoms with Gasteiger partial charge in [0, 0.05) is 37.8 Å². The molecule has 0 spiro atoms. The summed E-state index contributed by atoms with van der Waals surface area (Å²) in [6.07, 6.45) is 0. The number of benzene rings is 1. The van der Waals surface area contributed by atoms with Gasteiger partial charge in [-0.05, 0) is 32.9 Å². The summed E-state index contributed by atoms with van der Waals surface area (Å²) >= 11 is 0. The molecule has 1 aromatic carbocycles. The Kier molecular flexibility index (Phi) is 4.91. The van der Waals surface area contributed by atoms with E-state index in [4.69, 9.17) is 4.52 Å². The molecule has 3 rings (SSSR count). The topological polar surface area (TPSA) is 45.4 Å². The fourth-order valence-corrected chi connectivity index (χ4v) is 3.24. The lowest BCUT2D eigenvalue weighted by Gasteiger charge is -2.39. The normalized spacial score (nSPS) is 19.4. The third-order valence-corrected chi connectivity index (χ3v) is 4.76. The van der Waals surface area contributed by atoms with Gasteiger partial charge in [-0.3, -0.25) is 9.80 Å². The molecular formula is C17H22F2N4O. The van der Waals surface area contributed by atoms with Crippen molar-refractivity contribution in [3.05, 3.63) is 47.1 Å². The highest BCUT2D eigenvalue weighted by atomic mass is 19.1. The molecule has 0 bridgehead atoms. The van der Waals surface area contributed by atoms with E-state index in [0.29, 0.717) is 11.7 Å². The minimum atomic E-state index is -0.486. The molecule has 0 amide bonds. The second-order valence-corrected chi connectivity index (χ2v) is 6.24. The Balaban J connectivity index is 1.64. The van der Waals surface area contributed by atoms with Gasteiger partial charge in [0.15, 0.2) is 5.82 Å². The fourth-order valence-electron chi connectivity index (χ4n) is 3.24. The average molecular weight is 336 g/mol. The molecule has 1 fully saturated rings. The molecule has 1 aliphatic rings. The van der Waals surface area contributed by atoms with Crippen LogP contribution in [-0.2, 0) is 0 Å². The zero-order valence-electron chi connectivity index (χ0n) is 14.2. The second kappa shape index (κ2) is 6.94. The first kappa shape index (κ1) is 17.0. The van der Waals surface area contributed by atoms with E-state index < -0.39 is 11.6 Å². The molecule has 5 nitrogen and oxygen atoms in total. The summed E-state index contributed by atoms with van der Waals surface area (Å²) < 4.78 is 33.2. The van der Waals surface area contributed by atoms with Gasteiger partial charge in [0.2, 0.25) is 5.89 Å². The van der Waals surface area contributed by atoms with E-state index in [2.05, 4.69) is 19.9 Å². The van der Waals surface area contributed by atoms with E-state index in [9.17, 15) is 8.78 Å². The standard InChI is InChI=1S/C17H22F2N4O/c1-11(16-14(18)5-4-6-15(16)19)22-7-9-23(10-8-22)12(2)17-20-13(3)21-24-17/h4-6,11-12H,7-10H2,1-3H3/t11-,12-/m1/s1. The van der Waals surface area contributed by atoms with Gasteiger partial charge in [0.05, 0.1) is 6.04 Å². The first-order valence-electron chi connectivity index (χ1n) is 8.19. The lowest BCUT2D eigenvalue weighted by molar-refractivity contribution is 0.0659. The smallest absolute Gasteiger partial charge is 0.243 e. The second-order valence-electron chi connectivity index (χ2n) is 6.24. The van der Waals surface area contributed by atoms with Crippen molar-refractivity contribution in [3.63, 3.8) is 0 Å². The van der Waals surface area contributed by atoms with Crippen molar-refractivity contribution in [2.24, 2.45) is 0 Å². The largest absolute Gasteiger partial charge is 0.338 e. The zero-order chi connectivity index (χ0) is 17.3. The van der Waals surface area contributed by atoms with E-state index in [-0.39, 0.29) is 17.6 Å². The Hall–Kier alpha value is -1.86. The number of aryl methyl sites for hydroxylation is 1. The Morgan fingerprint density at radius 1 is 1.00 bits per heavy atom. The van der Waals surface area contributed by atoms with Crippen LogP contribution in [0.25, 0.3) is 0 Å². The van der Waals surface area contributed by atoms with Crippen molar-refractivity contribution in [1.82, 2.24) is 19.9 Å². The molecule has 0 N–H and O–H groups in total. The maximum absolute atomic E-state index is 14.0. The maximum atomic E-state index is 14.0. The van der Waals surface area contributed by atoms with Gasteiger partial charge in [0.1, 0.15) is 11.6 Å². The molecule has 1 aromatic heterocycles. The number of piperazine rings is 1. The first-order chi connectivity index (χ1) is 11.5. The first-order valence-corrected chi connectivity index (χ1v) is 8.19. The molecule has 1 saturated heterocycles. The molecule has 0 saturated carbocycles. The van der Waals surface area contributed by atoms with E-state index in [1.807, 2.05) is 13.8 Å². The van der Waals surface area contributed by atoms with Gasteiger partial charge in [0.25, 0.3) is 0 Å². The third-order valence-electron chi connectivity index (χ3n) is 4.76. The van der Waals surface area contributed by atoms with Crippen LogP contribution in [-0.4, -0.2) is 46.1 Å². The number of nitrogens with zero attached hydrogens (tertiary/aromatic N) is 4. The van der Waals surface area contributed by atoms with Crippen molar-refractivity contribution < 1.29 is 13.3 Å². The summed E-state index contributed by atoms with van der Waals surface area (Å²) in [6, 6.07) is 3.76. The Bertz CT molecular complexity index is 677. The quantitative estimate of drug-likeness (QED) is 0.858. The van der Waals surface area contributed by atoms with Crippen molar-refractivity contribution >= 4 is 0 Å².